The second-order valence-electron chi connectivity index (χ2n) is 4.00. The largest absolute Gasteiger partial charge is 0.259 e. The van der Waals surface area contributed by atoms with Gasteiger partial charge in [-0.25, -0.2) is 4.98 Å². The number of halogens is 2. The van der Waals surface area contributed by atoms with E-state index in [2.05, 4.69) is 31.1 Å². The molecule has 3 nitrogen and oxygen atoms in total. The minimum atomic E-state index is 0.638. The fourth-order valence-electron chi connectivity index (χ4n) is 1.78. The highest BCUT2D eigenvalue weighted by atomic mass is 79.9. The molecule has 1 N–H and O–H groups in total. The molecule has 0 aliphatic heterocycles. The van der Waals surface area contributed by atoms with Gasteiger partial charge in [0.2, 0.25) is 0 Å². The fraction of sp³-hybridized carbons (Fsp3) is 0. The monoisotopic (exact) mass is 333 g/mol. The average Bonchev–Trinajstić information content (AvgIpc) is 2.92. The molecule has 3 aromatic rings. The van der Waals surface area contributed by atoms with Crippen LogP contribution >= 0.6 is 27.5 Å². The maximum atomic E-state index is 6.18. The van der Waals surface area contributed by atoms with Crippen molar-refractivity contribution in [3.05, 3.63) is 58.0 Å². The zero-order valence-corrected chi connectivity index (χ0v) is 12.1. The second kappa shape index (κ2) is 5.15. The summed E-state index contributed by atoms with van der Waals surface area (Å²) in [5, 5.41) is 7.78. The van der Waals surface area contributed by atoms with Gasteiger partial charge < -0.3 is 0 Å². The molecule has 5 heteroatoms. The fourth-order valence-corrected chi connectivity index (χ4v) is 2.35. The summed E-state index contributed by atoms with van der Waals surface area (Å²) < 4.78 is 0.949. The average molecular weight is 335 g/mol. The predicted octanol–water partition coefficient (Wildman–Crippen LogP) is 4.55. The molecule has 0 spiro atoms. The van der Waals surface area contributed by atoms with E-state index in [1.54, 1.807) is 0 Å². The lowest BCUT2D eigenvalue weighted by Crippen LogP contribution is -1.83. The molecule has 0 saturated carbocycles. The highest BCUT2D eigenvalue weighted by Crippen LogP contribution is 2.29. The quantitative estimate of drug-likeness (QED) is 0.746. The maximum absolute atomic E-state index is 6.18. The molecule has 1 heterocycles. The van der Waals surface area contributed by atoms with Crippen molar-refractivity contribution in [2.24, 2.45) is 0 Å². The Bertz CT molecular complexity index is 710. The Morgan fingerprint density at radius 1 is 1.05 bits per heavy atom. The number of nitrogens with one attached hydrogen (secondary N) is 1. The number of rotatable bonds is 2. The maximum Gasteiger partial charge on any atom is 0.181 e. The van der Waals surface area contributed by atoms with Gasteiger partial charge >= 0.3 is 0 Å². The lowest BCUT2D eigenvalue weighted by atomic mass is 10.2. The van der Waals surface area contributed by atoms with Gasteiger partial charge in [-0.1, -0.05) is 57.9 Å². The van der Waals surface area contributed by atoms with Crippen LogP contribution in [0.2, 0.25) is 5.02 Å². The second-order valence-corrected chi connectivity index (χ2v) is 5.32. The minimum absolute atomic E-state index is 0.638. The van der Waals surface area contributed by atoms with E-state index >= 15 is 0 Å². The Kier molecular flexibility index (Phi) is 3.36. The van der Waals surface area contributed by atoms with E-state index in [0.29, 0.717) is 16.7 Å². The van der Waals surface area contributed by atoms with Gasteiger partial charge in [-0.2, -0.15) is 5.10 Å². The van der Waals surface area contributed by atoms with E-state index in [4.69, 9.17) is 11.6 Å². The summed E-state index contributed by atoms with van der Waals surface area (Å²) in [5.41, 5.74) is 1.79. The third-order valence-electron chi connectivity index (χ3n) is 2.70. The summed E-state index contributed by atoms with van der Waals surface area (Å²) in [7, 11) is 0. The van der Waals surface area contributed by atoms with Crippen LogP contribution in [0.15, 0.2) is 53.0 Å². The third kappa shape index (κ3) is 2.55. The summed E-state index contributed by atoms with van der Waals surface area (Å²) in [5.74, 6) is 1.32. The number of hydrogen-bond acceptors (Lipinski definition) is 2. The van der Waals surface area contributed by atoms with Crippen molar-refractivity contribution < 1.29 is 0 Å². The predicted molar refractivity (Wildman–Crippen MR) is 80.0 cm³/mol. The highest BCUT2D eigenvalue weighted by Gasteiger charge is 2.10. The molecule has 0 unspecified atom stereocenters. The number of aromatic amines is 1. The van der Waals surface area contributed by atoms with Crippen LogP contribution in [-0.4, -0.2) is 15.2 Å². The van der Waals surface area contributed by atoms with Crippen molar-refractivity contribution in [3.63, 3.8) is 0 Å². The van der Waals surface area contributed by atoms with Gasteiger partial charge in [-0.15, -0.1) is 0 Å². The van der Waals surface area contributed by atoms with Crippen LogP contribution in [0.3, 0.4) is 0 Å². The standard InChI is InChI=1S/C14H9BrClN3/c15-10-6-7-12(16)11(8-10)14-17-13(18-19-14)9-4-2-1-3-5-9/h1-8H,(H,17,18,19). The first-order valence-electron chi connectivity index (χ1n) is 5.67. The Morgan fingerprint density at radius 3 is 2.63 bits per heavy atom. The smallest absolute Gasteiger partial charge is 0.181 e. The molecule has 1 aromatic heterocycles. The van der Waals surface area contributed by atoms with Crippen LogP contribution in [0.4, 0.5) is 0 Å². The van der Waals surface area contributed by atoms with Crippen molar-refractivity contribution in [2.75, 3.05) is 0 Å². The van der Waals surface area contributed by atoms with Gasteiger partial charge in [-0.3, -0.25) is 5.10 Å². The normalized spacial score (nSPS) is 10.6. The zero-order chi connectivity index (χ0) is 13.2. The first kappa shape index (κ1) is 12.4. The van der Waals surface area contributed by atoms with Crippen LogP contribution in [0.1, 0.15) is 0 Å². The molecular formula is C14H9BrClN3. The highest BCUT2D eigenvalue weighted by molar-refractivity contribution is 9.10. The molecule has 0 aliphatic rings. The zero-order valence-electron chi connectivity index (χ0n) is 9.77. The van der Waals surface area contributed by atoms with Gasteiger partial charge in [0.05, 0.1) is 5.02 Å². The van der Waals surface area contributed by atoms with Crippen LogP contribution < -0.4 is 0 Å². The molecule has 2 aromatic carbocycles. The van der Waals surface area contributed by atoms with Gasteiger partial charge in [0.15, 0.2) is 11.6 Å². The summed E-state index contributed by atoms with van der Waals surface area (Å²) in [6, 6.07) is 15.4. The molecule has 3 rings (SSSR count). The summed E-state index contributed by atoms with van der Waals surface area (Å²) in [6.07, 6.45) is 0. The molecule has 0 fully saturated rings. The number of benzene rings is 2. The first-order valence-corrected chi connectivity index (χ1v) is 6.84. The van der Waals surface area contributed by atoms with Gasteiger partial charge in [0.25, 0.3) is 0 Å². The lowest BCUT2D eigenvalue weighted by molar-refractivity contribution is 1.10. The Labute approximate surface area is 123 Å². The number of aromatic nitrogens is 3. The van der Waals surface area contributed by atoms with E-state index in [-0.39, 0.29) is 0 Å². The number of hydrogen-bond donors (Lipinski definition) is 1. The van der Waals surface area contributed by atoms with E-state index in [9.17, 15) is 0 Å². The van der Waals surface area contributed by atoms with E-state index < -0.39 is 0 Å². The molecule has 19 heavy (non-hydrogen) atoms. The first-order chi connectivity index (χ1) is 9.24. The third-order valence-corrected chi connectivity index (χ3v) is 3.52. The molecular weight excluding hydrogens is 326 g/mol. The molecule has 0 atom stereocenters. The molecule has 0 radical (unpaired) electrons. The van der Waals surface area contributed by atoms with E-state index in [1.807, 2.05) is 48.5 Å². The van der Waals surface area contributed by atoms with Crippen molar-refractivity contribution >= 4 is 27.5 Å². The van der Waals surface area contributed by atoms with Crippen molar-refractivity contribution in [1.29, 1.82) is 0 Å². The van der Waals surface area contributed by atoms with Gasteiger partial charge in [0.1, 0.15) is 0 Å². The molecule has 0 amide bonds. The molecule has 0 bridgehead atoms. The summed E-state index contributed by atoms with van der Waals surface area (Å²) in [6.45, 7) is 0. The van der Waals surface area contributed by atoms with Crippen molar-refractivity contribution in [2.45, 2.75) is 0 Å². The van der Waals surface area contributed by atoms with E-state index in [0.717, 1.165) is 15.6 Å². The van der Waals surface area contributed by atoms with Gasteiger partial charge in [-0.05, 0) is 18.2 Å². The Balaban J connectivity index is 2.04. The molecule has 0 saturated heterocycles. The van der Waals surface area contributed by atoms with Crippen molar-refractivity contribution in [1.82, 2.24) is 15.2 Å². The number of nitrogens with zero attached hydrogens (tertiary/aromatic N) is 2. The van der Waals surface area contributed by atoms with Crippen LogP contribution in [0.5, 0.6) is 0 Å². The number of H-pyrrole nitrogens is 1. The molecule has 94 valence electrons. The van der Waals surface area contributed by atoms with Crippen molar-refractivity contribution in [3.8, 4) is 22.8 Å². The van der Waals surface area contributed by atoms with Crippen LogP contribution in [0, 0.1) is 0 Å². The lowest BCUT2D eigenvalue weighted by Gasteiger charge is -2.00. The van der Waals surface area contributed by atoms with Gasteiger partial charge in [0, 0.05) is 15.6 Å². The summed E-state index contributed by atoms with van der Waals surface area (Å²) >= 11 is 9.60. The summed E-state index contributed by atoms with van der Waals surface area (Å²) in [4.78, 5) is 4.48. The molecule has 0 aliphatic carbocycles. The van der Waals surface area contributed by atoms with E-state index in [1.165, 1.54) is 0 Å². The Morgan fingerprint density at radius 2 is 1.84 bits per heavy atom. The van der Waals surface area contributed by atoms with Crippen LogP contribution in [-0.2, 0) is 0 Å². The topological polar surface area (TPSA) is 41.6 Å². The van der Waals surface area contributed by atoms with Crippen LogP contribution in [0.25, 0.3) is 22.8 Å². The minimum Gasteiger partial charge on any atom is -0.259 e. The SMILES string of the molecule is Clc1ccc(Br)cc1-c1nc(-c2ccccc2)n[nH]1. The Hall–Kier alpha value is -1.65.